The molecule has 0 fully saturated rings. The van der Waals surface area contributed by atoms with Crippen molar-refractivity contribution in [2.24, 2.45) is 0 Å². The summed E-state index contributed by atoms with van der Waals surface area (Å²) in [6.45, 7) is 0. The Balaban J connectivity index is 2.52. The lowest BCUT2D eigenvalue weighted by atomic mass is 10.1. The van der Waals surface area contributed by atoms with Gasteiger partial charge < -0.3 is 4.42 Å². The molecule has 1 aromatic heterocycles. The summed E-state index contributed by atoms with van der Waals surface area (Å²) in [6, 6.07) is 6.29. The van der Waals surface area contributed by atoms with Gasteiger partial charge in [0.1, 0.15) is 6.07 Å². The monoisotopic (exact) mass is 238 g/mol. The Kier molecular flexibility index (Phi) is 2.60. The molecule has 0 amide bonds. The summed E-state index contributed by atoms with van der Waals surface area (Å²) >= 11 is 0. The van der Waals surface area contributed by atoms with Crippen molar-refractivity contribution < 1.29 is 17.6 Å². The predicted molar refractivity (Wildman–Crippen MR) is 51.7 cm³/mol. The van der Waals surface area contributed by atoms with Crippen LogP contribution in [0.3, 0.4) is 0 Å². The molecule has 1 heterocycles. The summed E-state index contributed by atoms with van der Waals surface area (Å²) in [6.07, 6.45) is -3.41. The van der Waals surface area contributed by atoms with Crippen molar-refractivity contribution in [1.29, 1.82) is 5.26 Å². The van der Waals surface area contributed by atoms with Gasteiger partial charge in [0.05, 0.1) is 5.56 Å². The quantitative estimate of drug-likeness (QED) is 0.766. The summed E-state index contributed by atoms with van der Waals surface area (Å²) in [4.78, 5) is 3.59. The van der Waals surface area contributed by atoms with Gasteiger partial charge in [-0.15, -0.1) is 0 Å². The van der Waals surface area contributed by atoms with Gasteiger partial charge in [0.25, 0.3) is 0 Å². The van der Waals surface area contributed by atoms with Gasteiger partial charge >= 0.3 is 6.18 Å². The van der Waals surface area contributed by atoms with Crippen molar-refractivity contribution >= 4 is 0 Å². The van der Waals surface area contributed by atoms with E-state index in [0.29, 0.717) is 0 Å². The third-order valence-corrected chi connectivity index (χ3v) is 2.13. The largest absolute Gasteiger partial charge is 0.442 e. The Morgan fingerprint density at radius 1 is 1.29 bits per heavy atom. The average molecular weight is 238 g/mol. The van der Waals surface area contributed by atoms with Crippen LogP contribution in [0.5, 0.6) is 0 Å². The summed E-state index contributed by atoms with van der Waals surface area (Å²) < 4.78 is 42.4. The molecule has 0 radical (unpaired) electrons. The van der Waals surface area contributed by atoms with Crippen molar-refractivity contribution in [2.75, 3.05) is 0 Å². The van der Waals surface area contributed by atoms with Crippen molar-refractivity contribution in [3.8, 4) is 17.4 Å². The van der Waals surface area contributed by atoms with Gasteiger partial charge in [-0.05, 0) is 12.1 Å². The first-order valence-corrected chi connectivity index (χ1v) is 4.53. The molecule has 0 unspecified atom stereocenters. The smallest absolute Gasteiger partial charge is 0.416 e. The van der Waals surface area contributed by atoms with Gasteiger partial charge in [-0.1, -0.05) is 12.1 Å². The van der Waals surface area contributed by atoms with Gasteiger partial charge in [-0.3, -0.25) is 0 Å². The van der Waals surface area contributed by atoms with E-state index in [2.05, 4.69) is 4.98 Å². The summed E-state index contributed by atoms with van der Waals surface area (Å²) in [5, 5.41) is 8.70. The lowest BCUT2D eigenvalue weighted by molar-refractivity contribution is -0.137. The van der Waals surface area contributed by atoms with Crippen LogP contribution in [0, 0.1) is 11.3 Å². The maximum absolute atomic E-state index is 12.5. The highest BCUT2D eigenvalue weighted by molar-refractivity contribution is 5.63. The molecule has 1 aromatic carbocycles. The van der Waals surface area contributed by atoms with Crippen LogP contribution in [-0.2, 0) is 6.18 Å². The molecule has 0 spiro atoms. The highest BCUT2D eigenvalue weighted by Gasteiger charge is 2.30. The number of nitriles is 1. The molecule has 0 bridgehead atoms. The van der Waals surface area contributed by atoms with E-state index < -0.39 is 11.7 Å². The number of aromatic nitrogens is 1. The van der Waals surface area contributed by atoms with Gasteiger partial charge in [0.2, 0.25) is 0 Å². The number of halogens is 3. The van der Waals surface area contributed by atoms with E-state index in [-0.39, 0.29) is 17.0 Å². The van der Waals surface area contributed by atoms with Crippen LogP contribution in [0.15, 0.2) is 35.1 Å². The molecule has 17 heavy (non-hydrogen) atoms. The van der Waals surface area contributed by atoms with Crippen LogP contribution in [0.4, 0.5) is 13.2 Å². The normalized spacial score (nSPS) is 11.2. The Morgan fingerprint density at radius 3 is 2.71 bits per heavy atom. The fourth-order valence-electron chi connectivity index (χ4n) is 1.37. The Labute approximate surface area is 94.1 Å². The molecule has 0 atom stereocenters. The van der Waals surface area contributed by atoms with Crippen LogP contribution < -0.4 is 0 Å². The Hall–Kier alpha value is -2.29. The zero-order valence-corrected chi connectivity index (χ0v) is 8.32. The third-order valence-electron chi connectivity index (χ3n) is 2.13. The van der Waals surface area contributed by atoms with Crippen LogP contribution in [0.1, 0.15) is 11.3 Å². The van der Waals surface area contributed by atoms with Crippen molar-refractivity contribution in [3.63, 3.8) is 0 Å². The van der Waals surface area contributed by atoms with Crippen molar-refractivity contribution in [2.45, 2.75) is 6.18 Å². The van der Waals surface area contributed by atoms with Crippen molar-refractivity contribution in [3.05, 3.63) is 41.9 Å². The molecule has 0 aliphatic rings. The lowest BCUT2D eigenvalue weighted by Crippen LogP contribution is -2.04. The lowest BCUT2D eigenvalue weighted by Gasteiger charge is -2.07. The van der Waals surface area contributed by atoms with Crippen LogP contribution in [0.2, 0.25) is 0 Å². The molecular formula is C11H5F3N2O. The van der Waals surface area contributed by atoms with E-state index in [9.17, 15) is 13.2 Å². The second-order valence-corrected chi connectivity index (χ2v) is 3.22. The van der Waals surface area contributed by atoms with Crippen LogP contribution in [-0.4, -0.2) is 4.98 Å². The standard InChI is InChI=1S/C11H5F3N2O/c12-11(13,14)8-3-1-2-7(4-8)10-9(5-15)16-6-17-10/h1-4,6H. The fraction of sp³-hybridized carbons (Fsp3) is 0.0909. The second-order valence-electron chi connectivity index (χ2n) is 3.22. The molecule has 2 rings (SSSR count). The second kappa shape index (κ2) is 3.94. The molecule has 3 nitrogen and oxygen atoms in total. The van der Waals surface area contributed by atoms with E-state index in [4.69, 9.17) is 9.68 Å². The van der Waals surface area contributed by atoms with E-state index in [1.54, 1.807) is 6.07 Å². The van der Waals surface area contributed by atoms with E-state index in [1.807, 2.05) is 0 Å². The first-order valence-electron chi connectivity index (χ1n) is 4.53. The molecule has 0 saturated heterocycles. The average Bonchev–Trinajstić information content (AvgIpc) is 2.76. The maximum atomic E-state index is 12.5. The molecular weight excluding hydrogens is 233 g/mol. The zero-order chi connectivity index (χ0) is 12.5. The number of hydrogen-bond donors (Lipinski definition) is 0. The maximum Gasteiger partial charge on any atom is 0.416 e. The highest BCUT2D eigenvalue weighted by atomic mass is 19.4. The van der Waals surface area contributed by atoms with Gasteiger partial charge in [-0.2, -0.15) is 18.4 Å². The molecule has 0 saturated carbocycles. The summed E-state index contributed by atoms with van der Waals surface area (Å²) in [7, 11) is 0. The number of hydrogen-bond acceptors (Lipinski definition) is 3. The van der Waals surface area contributed by atoms with Gasteiger partial charge in [-0.25, -0.2) is 4.98 Å². The predicted octanol–water partition coefficient (Wildman–Crippen LogP) is 3.23. The number of nitrogens with zero attached hydrogens (tertiary/aromatic N) is 2. The Morgan fingerprint density at radius 2 is 2.06 bits per heavy atom. The molecule has 0 aliphatic heterocycles. The minimum absolute atomic E-state index is 0.0377. The Bertz CT molecular complexity index is 581. The molecule has 86 valence electrons. The van der Waals surface area contributed by atoms with Gasteiger partial charge in [0, 0.05) is 5.56 Å². The summed E-state index contributed by atoms with van der Waals surface area (Å²) in [5.74, 6) is 0.0404. The van der Waals surface area contributed by atoms with E-state index >= 15 is 0 Å². The SMILES string of the molecule is N#Cc1ncoc1-c1cccc(C(F)(F)F)c1. The number of oxazole rings is 1. The van der Waals surface area contributed by atoms with Crippen LogP contribution in [0.25, 0.3) is 11.3 Å². The van der Waals surface area contributed by atoms with E-state index in [0.717, 1.165) is 18.5 Å². The highest BCUT2D eigenvalue weighted by Crippen LogP contribution is 2.32. The topological polar surface area (TPSA) is 49.8 Å². The molecule has 2 aromatic rings. The molecule has 0 aliphatic carbocycles. The molecule has 0 N–H and O–H groups in total. The summed E-state index contributed by atoms with van der Waals surface area (Å²) in [5.41, 5.74) is -0.659. The first-order chi connectivity index (χ1) is 8.02. The zero-order valence-electron chi connectivity index (χ0n) is 8.32. The third kappa shape index (κ3) is 2.13. The minimum Gasteiger partial charge on any atom is -0.442 e. The first kappa shape index (κ1) is 11.2. The van der Waals surface area contributed by atoms with Gasteiger partial charge in [0.15, 0.2) is 17.8 Å². The number of rotatable bonds is 1. The number of benzene rings is 1. The van der Waals surface area contributed by atoms with Crippen molar-refractivity contribution in [1.82, 2.24) is 4.98 Å². The number of alkyl halides is 3. The minimum atomic E-state index is -4.43. The van der Waals surface area contributed by atoms with Crippen LogP contribution >= 0.6 is 0 Å². The fourth-order valence-corrected chi connectivity index (χ4v) is 1.37. The van der Waals surface area contributed by atoms with E-state index in [1.165, 1.54) is 12.1 Å². The molecule has 6 heteroatoms.